The van der Waals surface area contributed by atoms with E-state index in [4.69, 9.17) is 14.3 Å². The van der Waals surface area contributed by atoms with Crippen LogP contribution in [0.1, 0.15) is 62.3 Å². The van der Waals surface area contributed by atoms with E-state index in [1.807, 2.05) is 13.0 Å². The van der Waals surface area contributed by atoms with Crippen molar-refractivity contribution in [3.05, 3.63) is 113 Å². The van der Waals surface area contributed by atoms with Crippen LogP contribution in [0.25, 0.3) is 11.1 Å². The third kappa shape index (κ3) is 8.22. The van der Waals surface area contributed by atoms with E-state index in [-0.39, 0.29) is 66.5 Å². The van der Waals surface area contributed by atoms with Crippen LogP contribution in [0.5, 0.6) is 11.5 Å². The third-order valence-electron chi connectivity index (χ3n) is 8.72. The van der Waals surface area contributed by atoms with Gasteiger partial charge in [-0.25, -0.2) is 23.9 Å². The largest absolute Gasteiger partial charge is 0.508 e. The summed E-state index contributed by atoms with van der Waals surface area (Å²) < 4.78 is 44.1. The number of hydrogen-bond donors (Lipinski definition) is 4. The van der Waals surface area contributed by atoms with Crippen LogP contribution >= 0.6 is 0 Å². The zero-order valence-electron chi connectivity index (χ0n) is 28.7. The van der Waals surface area contributed by atoms with Gasteiger partial charge in [-0.15, -0.1) is 0 Å². The molecule has 0 saturated carbocycles. The number of fused-ring (bicyclic) bond motifs is 1. The maximum atomic E-state index is 16.4. The van der Waals surface area contributed by atoms with E-state index in [0.29, 0.717) is 23.3 Å². The number of carbonyl (C=O) groups excluding carboxylic acids is 3. The van der Waals surface area contributed by atoms with Crippen LogP contribution in [0.4, 0.5) is 19.3 Å². The Hall–Kier alpha value is -5.65. The smallest absolute Gasteiger partial charge is 0.408 e. The van der Waals surface area contributed by atoms with E-state index in [1.165, 1.54) is 12.1 Å². The summed E-state index contributed by atoms with van der Waals surface area (Å²) in [5, 5.41) is 15.3. The van der Waals surface area contributed by atoms with Crippen molar-refractivity contribution in [2.75, 3.05) is 12.0 Å². The van der Waals surface area contributed by atoms with E-state index >= 15 is 8.78 Å². The molecule has 4 N–H and O–H groups in total. The van der Waals surface area contributed by atoms with Gasteiger partial charge in [-0.3, -0.25) is 4.79 Å². The van der Waals surface area contributed by atoms with Crippen LogP contribution in [0, 0.1) is 17.6 Å². The number of phenols is 1. The summed E-state index contributed by atoms with van der Waals surface area (Å²) >= 11 is 0. The highest BCUT2D eigenvalue weighted by Crippen LogP contribution is 2.47. The SMILES string of the molecule is CCCCC(=O)NCCc1c(-c2cccc(OCc3cccc(O)c3)c2)c(F)c(F)c2c1[C@](NC(=O)OCc1ccccc1)(C(C)C)C(=O)ON2. The second-order valence-corrected chi connectivity index (χ2v) is 12.6. The number of ether oxygens (including phenoxy) is 2. The van der Waals surface area contributed by atoms with Gasteiger partial charge in [-0.1, -0.05) is 81.8 Å². The molecule has 268 valence electrons. The zero-order chi connectivity index (χ0) is 36.5. The predicted octanol–water partition coefficient (Wildman–Crippen LogP) is 7.43. The summed E-state index contributed by atoms with van der Waals surface area (Å²) in [6, 6.07) is 21.8. The van der Waals surface area contributed by atoms with Gasteiger partial charge < -0.3 is 30.1 Å². The minimum atomic E-state index is -2.04. The number of rotatable bonds is 14. The summed E-state index contributed by atoms with van der Waals surface area (Å²) in [4.78, 5) is 45.0. The van der Waals surface area contributed by atoms with Gasteiger partial charge in [0.15, 0.2) is 17.2 Å². The number of benzene rings is 4. The molecule has 1 aliphatic heterocycles. The number of amides is 2. The molecule has 0 fully saturated rings. The van der Waals surface area contributed by atoms with Crippen molar-refractivity contribution in [1.82, 2.24) is 10.6 Å². The second kappa shape index (κ2) is 16.4. The molecule has 10 nitrogen and oxygen atoms in total. The lowest BCUT2D eigenvalue weighted by atomic mass is 9.73. The average Bonchev–Trinajstić information content (AvgIpc) is 3.12. The fraction of sp³-hybridized carbons (Fsp3) is 0.308. The van der Waals surface area contributed by atoms with Crippen molar-refractivity contribution in [3.8, 4) is 22.6 Å². The molecule has 0 radical (unpaired) electrons. The van der Waals surface area contributed by atoms with Gasteiger partial charge in [0.05, 0.1) is 0 Å². The average molecular weight is 702 g/mol. The van der Waals surface area contributed by atoms with Crippen LogP contribution in [0.2, 0.25) is 0 Å². The summed E-state index contributed by atoms with van der Waals surface area (Å²) in [7, 11) is 0. The number of unbranched alkanes of at least 4 members (excludes halogenated alkanes) is 1. The van der Waals surface area contributed by atoms with Crippen LogP contribution in [-0.2, 0) is 44.3 Å². The number of carbonyl (C=O) groups is 3. The first-order valence-corrected chi connectivity index (χ1v) is 16.8. The Bertz CT molecular complexity index is 1890. The van der Waals surface area contributed by atoms with Crippen molar-refractivity contribution in [1.29, 1.82) is 0 Å². The van der Waals surface area contributed by atoms with Gasteiger partial charge in [0.2, 0.25) is 5.91 Å². The number of aromatic hydroxyl groups is 1. The Morgan fingerprint density at radius 2 is 1.71 bits per heavy atom. The molecule has 0 unspecified atom stereocenters. The number of nitrogens with one attached hydrogen (secondary N) is 3. The summed E-state index contributed by atoms with van der Waals surface area (Å²) in [5.74, 6) is -4.12. The lowest BCUT2D eigenvalue weighted by Gasteiger charge is -2.42. The summed E-state index contributed by atoms with van der Waals surface area (Å²) in [5.41, 5.74) is 1.30. The molecule has 0 aromatic heterocycles. The van der Waals surface area contributed by atoms with Crippen LogP contribution in [0.15, 0.2) is 78.9 Å². The van der Waals surface area contributed by atoms with Crippen molar-refractivity contribution in [3.63, 3.8) is 0 Å². The molecular weight excluding hydrogens is 660 g/mol. The van der Waals surface area contributed by atoms with Gasteiger partial charge in [-0.05, 0) is 65.3 Å². The molecule has 4 aromatic rings. The van der Waals surface area contributed by atoms with Gasteiger partial charge >= 0.3 is 12.1 Å². The molecule has 51 heavy (non-hydrogen) atoms. The van der Waals surface area contributed by atoms with Crippen LogP contribution in [0.3, 0.4) is 0 Å². The number of alkyl carbamates (subject to hydrolysis) is 1. The normalized spacial score (nSPS) is 15.0. The highest BCUT2D eigenvalue weighted by molar-refractivity contribution is 5.94. The van der Waals surface area contributed by atoms with Gasteiger partial charge in [0.25, 0.3) is 0 Å². The number of anilines is 1. The van der Waals surface area contributed by atoms with Gasteiger partial charge in [-0.2, -0.15) is 0 Å². The minimum Gasteiger partial charge on any atom is -0.508 e. The first-order valence-electron chi connectivity index (χ1n) is 16.8. The first-order chi connectivity index (χ1) is 24.5. The van der Waals surface area contributed by atoms with Gasteiger partial charge in [0.1, 0.15) is 30.4 Å². The number of hydrogen-bond acceptors (Lipinski definition) is 8. The fourth-order valence-electron chi connectivity index (χ4n) is 6.11. The molecule has 0 saturated heterocycles. The molecule has 1 aliphatic rings. The van der Waals surface area contributed by atoms with E-state index in [0.717, 1.165) is 6.42 Å². The van der Waals surface area contributed by atoms with Gasteiger partial charge in [0, 0.05) is 24.1 Å². The van der Waals surface area contributed by atoms with Crippen LogP contribution < -0.4 is 20.9 Å². The van der Waals surface area contributed by atoms with Crippen LogP contribution in [-0.4, -0.2) is 29.6 Å². The minimum absolute atomic E-state index is 0.0163. The maximum absolute atomic E-state index is 16.4. The standard InChI is InChI=1S/C39H41F2N3O7/c1-4-5-17-31(46)42-19-18-30-32(27-14-10-16-29(21-27)49-23-26-13-9-15-28(45)20-26)34(40)35(41)36-33(30)39(24(2)3,37(47)51-44-36)43-38(48)50-22-25-11-7-6-8-12-25/h6-16,20-21,24,44-45H,4-5,17-19,22-23H2,1-3H3,(H,42,46)(H,43,48)/t39-/m1/s1. The fourth-order valence-corrected chi connectivity index (χ4v) is 6.11. The number of halogens is 2. The molecule has 12 heteroatoms. The molecule has 2 amide bonds. The van der Waals surface area contributed by atoms with Crippen molar-refractivity contribution >= 4 is 23.7 Å². The van der Waals surface area contributed by atoms with E-state index in [2.05, 4.69) is 16.1 Å². The first kappa shape index (κ1) is 36.6. The maximum Gasteiger partial charge on any atom is 0.408 e. The molecule has 1 heterocycles. The molecule has 0 spiro atoms. The summed E-state index contributed by atoms with van der Waals surface area (Å²) in [6.07, 6.45) is 0.745. The Morgan fingerprint density at radius 1 is 0.961 bits per heavy atom. The third-order valence-corrected chi connectivity index (χ3v) is 8.72. The zero-order valence-corrected chi connectivity index (χ0v) is 28.7. The van der Waals surface area contributed by atoms with E-state index in [9.17, 15) is 19.5 Å². The lowest BCUT2D eigenvalue weighted by Crippen LogP contribution is -2.59. The second-order valence-electron chi connectivity index (χ2n) is 12.6. The molecule has 0 aliphatic carbocycles. The quantitative estimate of drug-likeness (QED) is 0.107. The Balaban J connectivity index is 1.61. The highest BCUT2D eigenvalue weighted by atomic mass is 19.2. The van der Waals surface area contributed by atoms with E-state index in [1.54, 1.807) is 74.5 Å². The molecule has 1 atom stereocenters. The van der Waals surface area contributed by atoms with Crippen molar-refractivity contribution in [2.45, 2.75) is 65.2 Å². The molecule has 4 aromatic carbocycles. The summed E-state index contributed by atoms with van der Waals surface area (Å²) in [6.45, 7) is 5.22. The monoisotopic (exact) mass is 701 g/mol. The molecule has 5 rings (SSSR count). The Kier molecular flexibility index (Phi) is 11.8. The molecule has 0 bridgehead atoms. The number of phenolic OH excluding ortho intramolecular Hbond substituents is 1. The Morgan fingerprint density at radius 3 is 2.43 bits per heavy atom. The Labute approximate surface area is 295 Å². The molecular formula is C39H41F2N3O7. The highest BCUT2D eigenvalue weighted by Gasteiger charge is 2.54. The van der Waals surface area contributed by atoms with E-state index < -0.39 is 40.8 Å². The lowest BCUT2D eigenvalue weighted by molar-refractivity contribution is -0.152. The predicted molar refractivity (Wildman–Crippen MR) is 186 cm³/mol. The topological polar surface area (TPSA) is 135 Å². The van der Waals surface area contributed by atoms with Crippen molar-refractivity contribution in [2.24, 2.45) is 5.92 Å². The van der Waals surface area contributed by atoms with Crippen molar-refractivity contribution < 1.29 is 42.6 Å².